The number of alkyl halides is 1. The smallest absolute Gasteiger partial charge is 0.262 e. The summed E-state index contributed by atoms with van der Waals surface area (Å²) in [5.74, 6) is -1.02. The van der Waals surface area contributed by atoms with Crippen LogP contribution in [0.25, 0.3) is 0 Å². The lowest BCUT2D eigenvalue weighted by Crippen LogP contribution is -2.59. The van der Waals surface area contributed by atoms with Crippen molar-refractivity contribution in [1.29, 1.82) is 5.26 Å². The van der Waals surface area contributed by atoms with Crippen LogP contribution in [0.5, 0.6) is 0 Å². The largest absolute Gasteiger partial charge is 0.311 e. The summed E-state index contributed by atoms with van der Waals surface area (Å²) in [5.41, 5.74) is 1.73. The van der Waals surface area contributed by atoms with Crippen molar-refractivity contribution in [2.75, 3.05) is 0 Å². The average Bonchev–Trinajstić information content (AvgIpc) is 2.80. The first-order valence-electron chi connectivity index (χ1n) is 6.34. The first kappa shape index (κ1) is 14.0. The summed E-state index contributed by atoms with van der Waals surface area (Å²) in [6.07, 6.45) is 0.501. The van der Waals surface area contributed by atoms with E-state index in [9.17, 15) is 14.4 Å². The van der Waals surface area contributed by atoms with Crippen LogP contribution in [0.15, 0.2) is 18.2 Å². The van der Waals surface area contributed by atoms with E-state index >= 15 is 0 Å². The Morgan fingerprint density at radius 3 is 2.76 bits per heavy atom. The Hall–Kier alpha value is -1.95. The Labute approximate surface area is 134 Å². The molecule has 1 aromatic carbocycles. The lowest BCUT2D eigenvalue weighted by Gasteiger charge is -2.37. The highest BCUT2D eigenvalue weighted by molar-refractivity contribution is 14.1. The van der Waals surface area contributed by atoms with Crippen molar-refractivity contribution in [3.63, 3.8) is 0 Å². The van der Waals surface area contributed by atoms with E-state index in [0.717, 1.165) is 5.56 Å². The first-order chi connectivity index (χ1) is 9.95. The predicted molar refractivity (Wildman–Crippen MR) is 80.2 cm³/mol. The van der Waals surface area contributed by atoms with Gasteiger partial charge in [0.25, 0.3) is 11.8 Å². The molecule has 0 bridgehead atoms. The molecule has 0 radical (unpaired) electrons. The number of carbonyl (C=O) groups is 3. The van der Waals surface area contributed by atoms with Gasteiger partial charge in [0.05, 0.1) is 11.6 Å². The van der Waals surface area contributed by atoms with E-state index in [1.54, 1.807) is 18.2 Å². The monoisotopic (exact) mass is 395 g/mol. The highest BCUT2D eigenvalue weighted by Crippen LogP contribution is 2.38. The third-order valence-electron chi connectivity index (χ3n) is 3.75. The van der Waals surface area contributed by atoms with Crippen molar-refractivity contribution < 1.29 is 14.4 Å². The number of nitrogens with one attached hydrogen (secondary N) is 1. The Bertz CT molecular complexity index is 725. The number of benzene rings is 1. The minimum absolute atomic E-state index is 0.207. The molecule has 106 valence electrons. The molecule has 1 N–H and O–H groups in total. The topological polar surface area (TPSA) is 90.3 Å². The fourth-order valence-corrected chi connectivity index (χ4v) is 3.41. The number of nitrogens with zero attached hydrogens (tertiary/aromatic N) is 2. The van der Waals surface area contributed by atoms with Gasteiger partial charge in [-0.2, -0.15) is 5.26 Å². The zero-order valence-corrected chi connectivity index (χ0v) is 13.0. The SMILES string of the molecule is N#Cc1ccc2c(c1)CN(C1(I)CCC(=O)NC1=O)C2=O. The van der Waals surface area contributed by atoms with Crippen LogP contribution >= 0.6 is 22.6 Å². The molecule has 3 amide bonds. The molecule has 7 heteroatoms. The second kappa shape index (κ2) is 4.80. The van der Waals surface area contributed by atoms with Crippen molar-refractivity contribution in [2.45, 2.75) is 22.9 Å². The molecule has 0 aromatic heterocycles. The van der Waals surface area contributed by atoms with Crippen molar-refractivity contribution in [1.82, 2.24) is 10.2 Å². The number of nitriles is 1. The van der Waals surface area contributed by atoms with Crippen LogP contribution < -0.4 is 5.32 Å². The minimum atomic E-state index is -1.06. The van der Waals surface area contributed by atoms with E-state index in [0.29, 0.717) is 17.5 Å². The maximum Gasteiger partial charge on any atom is 0.262 e. The zero-order valence-electron chi connectivity index (χ0n) is 10.9. The summed E-state index contributed by atoms with van der Waals surface area (Å²) in [6, 6.07) is 6.90. The maximum atomic E-state index is 12.5. The predicted octanol–water partition coefficient (Wildman–Crippen LogP) is 1.08. The number of piperidine rings is 1. The molecular weight excluding hydrogens is 385 g/mol. The summed E-state index contributed by atoms with van der Waals surface area (Å²) in [4.78, 5) is 37.4. The molecule has 2 aliphatic heterocycles. The summed E-state index contributed by atoms with van der Waals surface area (Å²) < 4.78 is -1.06. The van der Waals surface area contributed by atoms with Gasteiger partial charge in [0.1, 0.15) is 0 Å². The fourth-order valence-electron chi connectivity index (χ4n) is 2.61. The third-order valence-corrected chi connectivity index (χ3v) is 5.36. The molecule has 0 aliphatic carbocycles. The van der Waals surface area contributed by atoms with E-state index in [2.05, 4.69) is 5.32 Å². The summed E-state index contributed by atoms with van der Waals surface area (Å²) >= 11 is 1.94. The van der Waals surface area contributed by atoms with E-state index < -0.39 is 9.45 Å². The number of carbonyl (C=O) groups excluding carboxylic acids is 3. The van der Waals surface area contributed by atoms with E-state index in [4.69, 9.17) is 5.26 Å². The highest BCUT2D eigenvalue weighted by Gasteiger charge is 2.50. The molecule has 1 unspecified atom stereocenters. The van der Waals surface area contributed by atoms with Gasteiger partial charge in [0.15, 0.2) is 3.55 Å². The molecule has 3 rings (SSSR count). The molecule has 6 nitrogen and oxygen atoms in total. The summed E-state index contributed by atoms with van der Waals surface area (Å²) in [6.45, 7) is 0.272. The average molecular weight is 395 g/mol. The quantitative estimate of drug-likeness (QED) is 0.334. The summed E-state index contributed by atoms with van der Waals surface area (Å²) in [5, 5.41) is 11.2. The maximum absolute atomic E-state index is 12.5. The van der Waals surface area contributed by atoms with Gasteiger partial charge in [-0.25, -0.2) is 0 Å². The molecular formula is C14H10IN3O3. The Kier molecular flexibility index (Phi) is 3.20. The van der Waals surface area contributed by atoms with E-state index in [1.807, 2.05) is 28.7 Å². The van der Waals surface area contributed by atoms with Crippen molar-refractivity contribution >= 4 is 40.3 Å². The van der Waals surface area contributed by atoms with Gasteiger partial charge in [0, 0.05) is 18.5 Å². The Morgan fingerprint density at radius 2 is 2.10 bits per heavy atom. The number of rotatable bonds is 1. The summed E-state index contributed by atoms with van der Waals surface area (Å²) in [7, 11) is 0. The Balaban J connectivity index is 1.96. The molecule has 1 atom stereocenters. The van der Waals surface area contributed by atoms with Crippen molar-refractivity contribution in [3.05, 3.63) is 34.9 Å². The van der Waals surface area contributed by atoms with Crippen LogP contribution in [-0.4, -0.2) is 26.2 Å². The van der Waals surface area contributed by atoms with Crippen molar-refractivity contribution in [2.24, 2.45) is 0 Å². The molecule has 1 saturated heterocycles. The molecule has 21 heavy (non-hydrogen) atoms. The fraction of sp³-hybridized carbons (Fsp3) is 0.286. The van der Waals surface area contributed by atoms with Gasteiger partial charge in [-0.15, -0.1) is 0 Å². The van der Waals surface area contributed by atoms with Crippen LogP contribution in [0.2, 0.25) is 0 Å². The van der Waals surface area contributed by atoms with E-state index in [-0.39, 0.29) is 24.8 Å². The molecule has 1 aromatic rings. The van der Waals surface area contributed by atoms with Crippen LogP contribution in [-0.2, 0) is 16.1 Å². The van der Waals surface area contributed by atoms with Gasteiger partial charge >= 0.3 is 0 Å². The van der Waals surface area contributed by atoms with Gasteiger partial charge < -0.3 is 4.90 Å². The lowest BCUT2D eigenvalue weighted by atomic mass is 10.0. The van der Waals surface area contributed by atoms with E-state index in [1.165, 1.54) is 4.90 Å². The van der Waals surface area contributed by atoms with Gasteiger partial charge in [-0.1, -0.05) is 0 Å². The number of hydrogen-bond donors (Lipinski definition) is 1. The molecule has 1 fully saturated rings. The zero-order chi connectivity index (χ0) is 15.2. The standard InChI is InChI=1S/C14H10IN3O3/c15-14(4-3-11(19)17-13(14)21)18-7-9-5-8(6-16)1-2-10(9)12(18)20/h1-2,5H,3-4,7H2,(H,17,19,21). The first-order valence-corrected chi connectivity index (χ1v) is 7.42. The van der Waals surface area contributed by atoms with Gasteiger partial charge in [-0.05, 0) is 52.8 Å². The number of fused-ring (bicyclic) bond motifs is 1. The molecule has 2 heterocycles. The third kappa shape index (κ3) is 2.10. The van der Waals surface area contributed by atoms with Crippen LogP contribution in [0.4, 0.5) is 0 Å². The van der Waals surface area contributed by atoms with Crippen LogP contribution in [0.3, 0.4) is 0 Å². The number of amides is 3. The molecule has 0 saturated carbocycles. The van der Waals surface area contributed by atoms with Crippen LogP contribution in [0, 0.1) is 11.3 Å². The number of imide groups is 1. The minimum Gasteiger partial charge on any atom is -0.311 e. The van der Waals surface area contributed by atoms with Gasteiger partial charge in [0.2, 0.25) is 5.91 Å². The lowest BCUT2D eigenvalue weighted by molar-refractivity contribution is -0.137. The van der Waals surface area contributed by atoms with Gasteiger partial charge in [-0.3, -0.25) is 19.7 Å². The number of halogens is 1. The molecule has 0 spiro atoms. The van der Waals surface area contributed by atoms with Crippen molar-refractivity contribution in [3.8, 4) is 6.07 Å². The Morgan fingerprint density at radius 1 is 1.33 bits per heavy atom. The van der Waals surface area contributed by atoms with Crippen LogP contribution in [0.1, 0.15) is 34.3 Å². The normalized spacial score (nSPS) is 24.6. The second-order valence-electron chi connectivity index (χ2n) is 5.01. The molecule has 2 aliphatic rings. The highest BCUT2D eigenvalue weighted by atomic mass is 127. The second-order valence-corrected chi connectivity index (χ2v) is 6.80. The number of hydrogen-bond acceptors (Lipinski definition) is 4.